The van der Waals surface area contributed by atoms with E-state index >= 15 is 0 Å². The number of rotatable bonds is 19. The Bertz CT molecular complexity index is 2890. The summed E-state index contributed by atoms with van der Waals surface area (Å²) in [7, 11) is -5.43. The Kier molecular flexibility index (Phi) is 25.4. The minimum atomic E-state index is -4.55. The summed E-state index contributed by atoms with van der Waals surface area (Å²) in [5, 5.41) is 9.21. The molecule has 3 fully saturated rings. The van der Waals surface area contributed by atoms with Crippen LogP contribution in [0.3, 0.4) is 0 Å². The number of hydrogen-bond donors (Lipinski definition) is 7. The van der Waals surface area contributed by atoms with Crippen molar-refractivity contribution < 1.29 is 65.2 Å². The summed E-state index contributed by atoms with van der Waals surface area (Å²) < 4.78 is 76.9. The van der Waals surface area contributed by atoms with Crippen LogP contribution in [-0.2, 0) is 81.0 Å². The van der Waals surface area contributed by atoms with Crippen LogP contribution < -0.4 is 42.1 Å². The van der Waals surface area contributed by atoms with Crippen molar-refractivity contribution in [1.29, 1.82) is 0 Å². The van der Waals surface area contributed by atoms with Crippen molar-refractivity contribution in [2.24, 2.45) is 5.73 Å². The van der Waals surface area contributed by atoms with Gasteiger partial charge in [0.1, 0.15) is 73.4 Å². The average molecular weight is 1310 g/mol. The number of hydrogen-bond acceptors (Lipinski definition) is 23. The summed E-state index contributed by atoms with van der Waals surface area (Å²) in [6.07, 6.45) is -2.31. The zero-order valence-electron chi connectivity index (χ0n) is 52.9. The van der Waals surface area contributed by atoms with Gasteiger partial charge < -0.3 is 100 Å². The fraction of sp³-hybridized carbons (Fsp3) is 0.774. The van der Waals surface area contributed by atoms with E-state index < -0.39 is 92.4 Å². The molecule has 2 bridgehead atoms. The topological polar surface area (TPSA) is 312 Å². The first-order valence-corrected chi connectivity index (χ1v) is 40.8. The summed E-state index contributed by atoms with van der Waals surface area (Å²) in [6, 6.07) is 0. The molecule has 4 aliphatic heterocycles. The Morgan fingerprint density at radius 3 is 2.04 bits per heavy atom. The largest absolute Gasteiger partial charge is 0.780 e. The van der Waals surface area contributed by atoms with Gasteiger partial charge in [0.2, 0.25) is 18.7 Å². The molecule has 2 unspecified atom stereocenters. The molecular weight excluding hydrogens is 1210 g/mol. The fourth-order valence-corrected chi connectivity index (χ4v) is 15.2. The molecule has 10 atom stereocenters. The molecule has 0 aromatic carbocycles. The van der Waals surface area contributed by atoms with Crippen molar-refractivity contribution in [3.05, 3.63) is 24.4 Å². The molecule has 4 aromatic rings. The Labute approximate surface area is 515 Å². The summed E-state index contributed by atoms with van der Waals surface area (Å²) in [5.41, 5.74) is 13.8. The molecule has 26 nitrogen and oxygen atoms in total. The molecule has 8 rings (SSSR count). The number of amides is 1. The molecule has 4 aromatic heterocycles. The van der Waals surface area contributed by atoms with Gasteiger partial charge in [-0.05, 0) is 96.2 Å². The first-order chi connectivity index (χ1) is 39.9. The number of carbonyl (C=O) groups is 1. The summed E-state index contributed by atoms with van der Waals surface area (Å²) in [4.78, 5) is 52.5. The third-order valence-electron chi connectivity index (χ3n) is 17.0. The average Bonchev–Trinajstić information content (AvgIpc) is 2.39. The molecule has 3 saturated heterocycles. The van der Waals surface area contributed by atoms with Crippen LogP contribution in [0.4, 0.5) is 17.6 Å². The lowest BCUT2D eigenvalue weighted by molar-refractivity contribution is -0.894. The monoisotopic (exact) mass is 1300 g/mol. The van der Waals surface area contributed by atoms with E-state index in [1.807, 2.05) is 23.9 Å². The summed E-state index contributed by atoms with van der Waals surface area (Å²) >= 11 is 11.5. The van der Waals surface area contributed by atoms with Crippen LogP contribution in [0.5, 0.6) is 0 Å². The van der Waals surface area contributed by atoms with Crippen LogP contribution in [0.25, 0.3) is 22.2 Å². The second kappa shape index (κ2) is 30.3. The highest BCUT2D eigenvalue weighted by molar-refractivity contribution is 8.32. The van der Waals surface area contributed by atoms with Crippen LogP contribution in [0.2, 0.25) is 36.3 Å². The second-order valence-electron chi connectivity index (χ2n) is 24.6. The maximum absolute atomic E-state index is 14.9. The highest BCUT2D eigenvalue weighted by atomic mass is 32.7. The van der Waals surface area contributed by atoms with Gasteiger partial charge in [-0.2, -0.15) is 9.97 Å². The molecule has 9 N–H and O–H groups in total. The Hall–Kier alpha value is -2.82. The molecule has 1 amide bonds. The van der Waals surface area contributed by atoms with Crippen molar-refractivity contribution in [2.45, 2.75) is 181 Å². The number of aromatic nitrogens is 7. The van der Waals surface area contributed by atoms with E-state index in [1.165, 1.54) is 56.5 Å². The van der Waals surface area contributed by atoms with E-state index in [9.17, 15) is 14.3 Å². The second-order valence-corrected chi connectivity index (χ2v) is 39.5. The van der Waals surface area contributed by atoms with Crippen LogP contribution in [-0.4, -0.2) is 179 Å². The molecule has 0 radical (unpaired) electrons. The van der Waals surface area contributed by atoms with E-state index in [-0.39, 0.29) is 65.3 Å². The van der Waals surface area contributed by atoms with E-state index in [0.717, 1.165) is 30.3 Å². The maximum atomic E-state index is 14.9. The van der Waals surface area contributed by atoms with Crippen LogP contribution in [0.15, 0.2) is 18.9 Å². The van der Waals surface area contributed by atoms with Gasteiger partial charge in [0.05, 0.1) is 77.3 Å². The van der Waals surface area contributed by atoms with Crippen molar-refractivity contribution in [3.8, 4) is 0 Å². The number of nitrogen functional groups attached to an aromatic ring is 1. The first-order valence-electron chi connectivity index (χ1n) is 29.9. The Morgan fingerprint density at radius 2 is 1.45 bits per heavy atom. The molecule has 85 heavy (non-hydrogen) atoms. The molecule has 32 heteroatoms. The quantitative estimate of drug-likeness (QED) is 0.0228. The van der Waals surface area contributed by atoms with Gasteiger partial charge in [0, 0.05) is 19.3 Å². The number of ether oxygens (including phenoxy) is 3. The lowest BCUT2D eigenvalue weighted by Crippen LogP contribution is -3.11. The SMILES string of the molecule is CC(C)(C)[Si](C)(C)O[C@@H]1[C@@H]2OP([O-])(=S)OC[C@H]3O[C@@H](n4cnc5c(N)nc(NCCOCNC(=O)CN)nc54)[C@H](OP(=O)([S-])OC[C@H]2O[C@H]1n1cc2c4c(ncnc41)NCCC2)[C@@H]3O[Si](C)(C)C(C)(C)C.CC[NH+](CC)CC.CC[NH+](CC)CC. The summed E-state index contributed by atoms with van der Waals surface area (Å²) in [5.74, 6) is 0.505. The number of fused-ring (bicyclic) bond motifs is 4. The van der Waals surface area contributed by atoms with Crippen molar-refractivity contribution in [2.75, 3.05) is 102 Å². The predicted octanol–water partition coefficient (Wildman–Crippen LogP) is 4.17. The summed E-state index contributed by atoms with van der Waals surface area (Å²) in [6.45, 7) is 32.7. The number of aryl methyl sites for hydroxylation is 1. The van der Waals surface area contributed by atoms with Gasteiger partial charge in [-0.3, -0.25) is 13.9 Å². The van der Waals surface area contributed by atoms with Crippen LogP contribution in [0, 0.1) is 0 Å². The van der Waals surface area contributed by atoms with Crippen LogP contribution >= 0.6 is 13.5 Å². The van der Waals surface area contributed by atoms with Gasteiger partial charge >= 0.3 is 0 Å². The number of nitrogens with one attached hydrogen (secondary N) is 5. The van der Waals surface area contributed by atoms with E-state index in [4.69, 9.17) is 86.6 Å². The molecule has 0 spiro atoms. The third-order valence-corrected chi connectivity index (χ3v) is 29.1. The van der Waals surface area contributed by atoms with Gasteiger partial charge in [-0.1, -0.05) is 53.3 Å². The minimum absolute atomic E-state index is 0.0394. The van der Waals surface area contributed by atoms with E-state index in [0.29, 0.717) is 11.5 Å². The van der Waals surface area contributed by atoms with Crippen molar-refractivity contribution >= 4 is 99.9 Å². The molecule has 0 aliphatic carbocycles. The number of quaternary nitrogens is 2. The minimum Gasteiger partial charge on any atom is -0.780 e. The van der Waals surface area contributed by atoms with Gasteiger partial charge in [0.25, 0.3) is 0 Å². The Morgan fingerprint density at radius 1 is 0.847 bits per heavy atom. The first kappa shape index (κ1) is 71.3. The zero-order valence-corrected chi connectivity index (χ0v) is 58.3. The third kappa shape index (κ3) is 18.0. The number of carbonyl (C=O) groups excluding carboxylic acids is 1. The molecular formula is C53H98N14O12P2S2Si2. The van der Waals surface area contributed by atoms with Crippen LogP contribution in [0.1, 0.15) is 108 Å². The standard InChI is InChI=1S/C41H68N12O12P2S2Si2.2C6H15N/c1-40(2,3)70(7,8)64-30-25-19-59-66(55,68)62-29-24(60-38(32(29)65-71(9,10)41(4,5)6)52-17-23-12-11-13-44-34-27(23)35(52)47-20-46-34)18-58-67(56,69)63-31(30)37(61-25)53-21-48-28-33(43)50-39(51-36(28)53)45-14-15-57-22-49-26(54)16-42;2*1-4-7(5-2)6-3/h17,20-21,24-25,29-32,37-38H,11-16,18-19,22,42H2,1-10H3,(H,49,54)(H,55,68)(H,56,69)(H,44,46,47)(H3,43,45,50,51);2*4-6H2,1-3H3/t24-,25-,29-,30-,31-,32-,37-,38-,66?,67?;;/m1../s1. The lowest BCUT2D eigenvalue weighted by Gasteiger charge is -2.42. The van der Waals surface area contributed by atoms with Crippen molar-refractivity contribution in [1.82, 2.24) is 39.4 Å². The maximum Gasteiger partial charge on any atom is 0.235 e. The lowest BCUT2D eigenvalue weighted by atomic mass is 10.1. The highest BCUT2D eigenvalue weighted by Crippen LogP contribution is 2.56. The molecule has 0 saturated carbocycles. The van der Waals surface area contributed by atoms with E-state index in [2.05, 4.69) is 127 Å². The molecule has 4 aliphatic rings. The Balaban J connectivity index is 0.000000736. The number of imidazole rings is 1. The number of anilines is 3. The molecule has 482 valence electrons. The van der Waals surface area contributed by atoms with Gasteiger partial charge in [0.15, 0.2) is 40.6 Å². The molecule has 8 heterocycles. The van der Waals surface area contributed by atoms with Gasteiger partial charge in [-0.25, -0.2) is 15.0 Å². The zero-order chi connectivity index (χ0) is 62.9. The van der Waals surface area contributed by atoms with E-state index in [1.54, 1.807) is 9.80 Å². The number of nitrogens with zero attached hydrogens (tertiary/aromatic N) is 7. The van der Waals surface area contributed by atoms with Gasteiger partial charge in [-0.15, -0.1) is 0 Å². The highest BCUT2D eigenvalue weighted by Gasteiger charge is 2.56. The normalized spacial score (nSPS) is 26.7. The van der Waals surface area contributed by atoms with Crippen molar-refractivity contribution in [3.63, 3.8) is 0 Å². The predicted molar refractivity (Wildman–Crippen MR) is 339 cm³/mol. The smallest absolute Gasteiger partial charge is 0.235 e. The number of nitrogens with two attached hydrogens (primary N) is 2. The fourth-order valence-electron chi connectivity index (χ4n) is 9.74.